The first kappa shape index (κ1) is 15.6. The van der Waals surface area contributed by atoms with E-state index in [1.54, 1.807) is 19.2 Å². The van der Waals surface area contributed by atoms with Gasteiger partial charge in [-0.1, -0.05) is 0 Å². The quantitative estimate of drug-likeness (QED) is 0.740. The van der Waals surface area contributed by atoms with Crippen molar-refractivity contribution < 1.29 is 18.7 Å². The number of aryl methyl sites for hydroxylation is 1. The largest absolute Gasteiger partial charge is 0.452 e. The third-order valence-corrected chi connectivity index (χ3v) is 3.24. The first-order valence-corrected chi connectivity index (χ1v) is 7.07. The maximum Gasteiger partial charge on any atom is 0.344 e. The highest BCUT2D eigenvalue weighted by molar-refractivity contribution is 5.99. The summed E-state index contributed by atoms with van der Waals surface area (Å²) in [6, 6.07) is 6.94. The summed E-state index contributed by atoms with van der Waals surface area (Å²) in [5.74, 6) is -1.62. The van der Waals surface area contributed by atoms with Crippen molar-refractivity contribution >= 4 is 23.2 Å². The maximum atomic E-state index is 12.8. The summed E-state index contributed by atoms with van der Waals surface area (Å²) in [5.41, 5.74) is 1.44. The third kappa shape index (κ3) is 3.22. The third-order valence-electron chi connectivity index (χ3n) is 3.24. The number of carbonyl (C=O) groups is 2. The summed E-state index contributed by atoms with van der Waals surface area (Å²) in [7, 11) is 0. The molecule has 1 aromatic carbocycles. The lowest BCUT2D eigenvalue weighted by atomic mass is 10.2. The van der Waals surface area contributed by atoms with Crippen molar-refractivity contribution in [3.63, 3.8) is 0 Å². The van der Waals surface area contributed by atoms with Crippen LogP contribution >= 0.6 is 0 Å². The number of nitrogens with one attached hydrogen (secondary N) is 1. The molecule has 0 saturated carbocycles. The van der Waals surface area contributed by atoms with Gasteiger partial charge in [-0.2, -0.15) is 5.10 Å². The lowest BCUT2D eigenvalue weighted by Crippen LogP contribution is -2.21. The second-order valence-electron chi connectivity index (χ2n) is 4.98. The van der Waals surface area contributed by atoms with E-state index in [1.807, 2.05) is 0 Å². The number of nitrogens with zero attached hydrogens (tertiary/aromatic N) is 3. The molecule has 0 aliphatic rings. The minimum absolute atomic E-state index is 0.213. The molecule has 0 saturated heterocycles. The Labute approximate surface area is 136 Å². The molecule has 0 unspecified atom stereocenters. The van der Waals surface area contributed by atoms with Crippen molar-refractivity contribution in [2.75, 3.05) is 11.9 Å². The number of hydrogen-bond acceptors (Lipinski definition) is 5. The molecule has 24 heavy (non-hydrogen) atoms. The highest BCUT2D eigenvalue weighted by Crippen LogP contribution is 2.14. The Balaban J connectivity index is 1.65. The SMILES string of the molecule is Cc1nn2cccnc2c1C(=O)OCC(=O)Nc1ccc(F)cc1. The van der Waals surface area contributed by atoms with Gasteiger partial charge in [0.1, 0.15) is 11.4 Å². The smallest absolute Gasteiger partial charge is 0.344 e. The number of anilines is 1. The molecule has 0 radical (unpaired) electrons. The van der Waals surface area contributed by atoms with Crippen LogP contribution in [0.3, 0.4) is 0 Å². The van der Waals surface area contributed by atoms with E-state index in [4.69, 9.17) is 4.74 Å². The van der Waals surface area contributed by atoms with Crippen molar-refractivity contribution in [3.8, 4) is 0 Å². The standard InChI is InChI=1S/C16H13FN4O3/c1-10-14(15-18-7-2-8-21(15)20-10)16(23)24-9-13(22)19-12-5-3-11(17)4-6-12/h2-8H,9H2,1H3,(H,19,22). The van der Waals surface area contributed by atoms with E-state index in [2.05, 4.69) is 15.4 Å². The first-order valence-electron chi connectivity index (χ1n) is 7.07. The van der Waals surface area contributed by atoms with E-state index >= 15 is 0 Å². The van der Waals surface area contributed by atoms with E-state index in [-0.39, 0.29) is 5.56 Å². The predicted molar refractivity (Wildman–Crippen MR) is 83.0 cm³/mol. The minimum Gasteiger partial charge on any atom is -0.452 e. The molecule has 3 aromatic rings. The number of ether oxygens (including phenoxy) is 1. The lowest BCUT2D eigenvalue weighted by molar-refractivity contribution is -0.119. The Morgan fingerprint density at radius 3 is 2.79 bits per heavy atom. The Hall–Kier alpha value is -3.29. The Bertz CT molecular complexity index is 905. The molecule has 7 nitrogen and oxygen atoms in total. The molecule has 1 amide bonds. The number of fused-ring (bicyclic) bond motifs is 1. The van der Waals surface area contributed by atoms with Crippen molar-refractivity contribution in [3.05, 3.63) is 59.8 Å². The lowest BCUT2D eigenvalue weighted by Gasteiger charge is -2.06. The van der Waals surface area contributed by atoms with Gasteiger partial charge in [-0.05, 0) is 37.3 Å². The summed E-state index contributed by atoms with van der Waals surface area (Å²) in [6.07, 6.45) is 3.20. The number of aromatic nitrogens is 3. The molecule has 3 rings (SSSR count). The van der Waals surface area contributed by atoms with Crippen molar-refractivity contribution in [2.24, 2.45) is 0 Å². The molecule has 0 aliphatic carbocycles. The van der Waals surface area contributed by atoms with Crippen LogP contribution < -0.4 is 5.32 Å². The fourth-order valence-corrected chi connectivity index (χ4v) is 2.17. The van der Waals surface area contributed by atoms with Gasteiger partial charge in [0, 0.05) is 18.1 Å². The van der Waals surface area contributed by atoms with Crippen molar-refractivity contribution in [1.82, 2.24) is 14.6 Å². The van der Waals surface area contributed by atoms with Crippen molar-refractivity contribution in [2.45, 2.75) is 6.92 Å². The van der Waals surface area contributed by atoms with Crippen LogP contribution in [0, 0.1) is 12.7 Å². The van der Waals surface area contributed by atoms with Gasteiger partial charge >= 0.3 is 5.97 Å². The van der Waals surface area contributed by atoms with Crippen LogP contribution in [0.25, 0.3) is 5.65 Å². The minimum atomic E-state index is -0.685. The van der Waals surface area contributed by atoms with E-state index in [0.717, 1.165) is 0 Å². The number of halogens is 1. The van der Waals surface area contributed by atoms with E-state index < -0.39 is 24.3 Å². The van der Waals surface area contributed by atoms with Gasteiger partial charge in [-0.3, -0.25) is 4.79 Å². The van der Waals surface area contributed by atoms with Gasteiger partial charge in [0.2, 0.25) is 0 Å². The van der Waals surface area contributed by atoms with Gasteiger partial charge < -0.3 is 10.1 Å². The maximum absolute atomic E-state index is 12.8. The van der Waals surface area contributed by atoms with Gasteiger partial charge in [-0.25, -0.2) is 18.7 Å². The zero-order valence-corrected chi connectivity index (χ0v) is 12.7. The summed E-state index contributed by atoms with van der Waals surface area (Å²) in [5, 5.41) is 6.66. The average Bonchev–Trinajstić information content (AvgIpc) is 2.90. The number of benzene rings is 1. The number of carbonyl (C=O) groups excluding carboxylic acids is 2. The number of esters is 1. The number of rotatable bonds is 4. The molecule has 0 fully saturated rings. The normalized spacial score (nSPS) is 10.6. The van der Waals surface area contributed by atoms with Crippen LogP contribution in [0.1, 0.15) is 16.1 Å². The molecule has 0 atom stereocenters. The summed E-state index contributed by atoms with van der Waals surface area (Å²) in [4.78, 5) is 28.1. The molecule has 2 heterocycles. The van der Waals surface area contributed by atoms with E-state index in [1.165, 1.54) is 35.0 Å². The average molecular weight is 328 g/mol. The number of amides is 1. The zero-order valence-electron chi connectivity index (χ0n) is 12.7. The second-order valence-corrected chi connectivity index (χ2v) is 4.98. The van der Waals surface area contributed by atoms with Crippen LogP contribution in [0.2, 0.25) is 0 Å². The summed E-state index contributed by atoms with van der Waals surface area (Å²) in [6.45, 7) is 1.18. The zero-order chi connectivity index (χ0) is 17.1. The number of hydrogen-bond donors (Lipinski definition) is 1. The molecule has 1 N–H and O–H groups in total. The fraction of sp³-hybridized carbons (Fsp3) is 0.125. The molecule has 8 heteroatoms. The van der Waals surface area contributed by atoms with E-state index in [9.17, 15) is 14.0 Å². The molecule has 122 valence electrons. The molecule has 0 bridgehead atoms. The predicted octanol–water partition coefficient (Wildman–Crippen LogP) is 1.97. The molecule has 0 aliphatic heterocycles. The molecular weight excluding hydrogens is 315 g/mol. The van der Waals surface area contributed by atoms with E-state index in [0.29, 0.717) is 17.0 Å². The fourth-order valence-electron chi connectivity index (χ4n) is 2.17. The van der Waals surface area contributed by atoms with Crippen LogP contribution in [0.4, 0.5) is 10.1 Å². The van der Waals surface area contributed by atoms with Gasteiger partial charge in [0.15, 0.2) is 12.3 Å². The second kappa shape index (κ2) is 6.45. The van der Waals surface area contributed by atoms with Crippen LogP contribution in [-0.2, 0) is 9.53 Å². The molecule has 2 aromatic heterocycles. The topological polar surface area (TPSA) is 85.6 Å². The van der Waals surface area contributed by atoms with Gasteiger partial charge in [-0.15, -0.1) is 0 Å². The summed E-state index contributed by atoms with van der Waals surface area (Å²) < 4.78 is 19.3. The van der Waals surface area contributed by atoms with Gasteiger partial charge in [0.05, 0.1) is 5.69 Å². The highest BCUT2D eigenvalue weighted by Gasteiger charge is 2.20. The summed E-state index contributed by atoms with van der Waals surface area (Å²) >= 11 is 0. The molecule has 0 spiro atoms. The van der Waals surface area contributed by atoms with Crippen LogP contribution in [0.15, 0.2) is 42.7 Å². The monoisotopic (exact) mass is 328 g/mol. The Morgan fingerprint density at radius 2 is 2.04 bits per heavy atom. The van der Waals surface area contributed by atoms with Crippen LogP contribution in [0.5, 0.6) is 0 Å². The first-order chi connectivity index (χ1) is 11.5. The molecular formula is C16H13FN4O3. The van der Waals surface area contributed by atoms with Crippen molar-refractivity contribution in [1.29, 1.82) is 0 Å². The van der Waals surface area contributed by atoms with Gasteiger partial charge in [0.25, 0.3) is 5.91 Å². The highest BCUT2D eigenvalue weighted by atomic mass is 19.1. The van der Waals surface area contributed by atoms with Crippen LogP contribution in [-0.4, -0.2) is 33.1 Å². The Kier molecular flexibility index (Phi) is 4.19. The Morgan fingerprint density at radius 1 is 1.29 bits per heavy atom.